The molecule has 0 bridgehead atoms. The summed E-state index contributed by atoms with van der Waals surface area (Å²) in [6.07, 6.45) is 4.93. The maximum absolute atomic E-state index is 13.2. The standard InChI is InChI=1S/C23H46N8O5S/c1-4-14(2)18(31-19(32)15(25)8-7-12-28-23(26)27)21(34)29-16(9-5-6-11-24)20(33)30-17(22(35)36)10-13-37-3/h14-18H,4-13,24-25H2,1-3H3,(H,29,34)(H,30,33)(H,31,32)(H,35,36)(H4,26,27,28). The van der Waals surface area contributed by atoms with E-state index < -0.39 is 47.9 Å². The van der Waals surface area contributed by atoms with E-state index in [0.717, 1.165) is 0 Å². The van der Waals surface area contributed by atoms with Gasteiger partial charge in [-0.2, -0.15) is 11.8 Å². The van der Waals surface area contributed by atoms with Gasteiger partial charge < -0.3 is 44.0 Å². The normalized spacial score (nSPS) is 14.9. The quantitative estimate of drug-likeness (QED) is 0.0517. The fraction of sp³-hybridized carbons (Fsp3) is 0.783. The second-order valence-corrected chi connectivity index (χ2v) is 9.94. The minimum Gasteiger partial charge on any atom is -0.480 e. The van der Waals surface area contributed by atoms with Gasteiger partial charge in [0, 0.05) is 6.54 Å². The van der Waals surface area contributed by atoms with E-state index in [1.807, 2.05) is 13.2 Å². The lowest BCUT2D eigenvalue weighted by molar-refractivity contribution is -0.142. The molecule has 5 atom stereocenters. The van der Waals surface area contributed by atoms with Gasteiger partial charge in [-0.25, -0.2) is 4.79 Å². The average molecular weight is 547 g/mol. The molecule has 3 amide bonds. The number of carboxylic acids is 1. The molecule has 0 fully saturated rings. The summed E-state index contributed by atoms with van der Waals surface area (Å²) in [7, 11) is 0. The highest BCUT2D eigenvalue weighted by Crippen LogP contribution is 2.11. The van der Waals surface area contributed by atoms with E-state index in [0.29, 0.717) is 50.9 Å². The van der Waals surface area contributed by atoms with Crippen LogP contribution in [0.1, 0.15) is 58.8 Å². The summed E-state index contributed by atoms with van der Waals surface area (Å²) in [5, 5.41) is 17.4. The summed E-state index contributed by atoms with van der Waals surface area (Å²) < 4.78 is 0. The summed E-state index contributed by atoms with van der Waals surface area (Å²) in [6, 6.07) is -3.86. The van der Waals surface area contributed by atoms with Crippen LogP contribution in [0.2, 0.25) is 0 Å². The van der Waals surface area contributed by atoms with Crippen molar-refractivity contribution >= 4 is 41.4 Å². The molecule has 0 aromatic rings. The smallest absolute Gasteiger partial charge is 0.326 e. The average Bonchev–Trinajstić information content (AvgIpc) is 2.85. The van der Waals surface area contributed by atoms with Crippen molar-refractivity contribution in [3.8, 4) is 0 Å². The number of rotatable bonds is 20. The van der Waals surface area contributed by atoms with Gasteiger partial charge in [0.2, 0.25) is 17.7 Å². The van der Waals surface area contributed by atoms with Crippen molar-refractivity contribution in [3.05, 3.63) is 0 Å². The van der Waals surface area contributed by atoms with Crippen LogP contribution >= 0.6 is 11.8 Å². The fourth-order valence-corrected chi connectivity index (χ4v) is 3.87. The molecular formula is C23H46N8O5S. The number of nitrogens with one attached hydrogen (secondary N) is 3. The molecule has 0 spiro atoms. The Hall–Kier alpha value is -2.58. The third-order valence-electron chi connectivity index (χ3n) is 5.90. The molecule has 37 heavy (non-hydrogen) atoms. The van der Waals surface area contributed by atoms with Gasteiger partial charge in [-0.1, -0.05) is 20.3 Å². The predicted molar refractivity (Wildman–Crippen MR) is 147 cm³/mol. The molecule has 12 N–H and O–H groups in total. The van der Waals surface area contributed by atoms with Gasteiger partial charge in [0.05, 0.1) is 6.04 Å². The number of carboxylic acid groups (broad SMARTS) is 1. The van der Waals surface area contributed by atoms with Crippen LogP contribution in [0.4, 0.5) is 0 Å². The Morgan fingerprint density at radius 1 is 0.919 bits per heavy atom. The van der Waals surface area contributed by atoms with E-state index >= 15 is 0 Å². The number of aliphatic imine (C=N–C) groups is 1. The number of hydrogen-bond donors (Lipinski definition) is 8. The van der Waals surface area contributed by atoms with Crippen molar-refractivity contribution in [1.82, 2.24) is 16.0 Å². The van der Waals surface area contributed by atoms with Gasteiger partial charge in [-0.05, 0) is 63.0 Å². The molecule has 214 valence electrons. The largest absolute Gasteiger partial charge is 0.480 e. The van der Waals surface area contributed by atoms with Crippen LogP contribution in [-0.4, -0.2) is 84.0 Å². The highest BCUT2D eigenvalue weighted by atomic mass is 32.2. The van der Waals surface area contributed by atoms with Gasteiger partial charge in [-0.3, -0.25) is 19.4 Å². The number of nitrogens with two attached hydrogens (primary N) is 4. The summed E-state index contributed by atoms with van der Waals surface area (Å²) in [4.78, 5) is 54.4. The van der Waals surface area contributed by atoms with Gasteiger partial charge >= 0.3 is 5.97 Å². The summed E-state index contributed by atoms with van der Waals surface area (Å²) in [5.74, 6) is -2.53. The molecule has 0 aromatic carbocycles. The number of carbonyl (C=O) groups is 4. The number of aliphatic carboxylic acids is 1. The summed E-state index contributed by atoms with van der Waals surface area (Å²) >= 11 is 1.47. The predicted octanol–water partition coefficient (Wildman–Crippen LogP) is -1.17. The van der Waals surface area contributed by atoms with Crippen LogP contribution < -0.4 is 38.9 Å². The molecule has 0 saturated heterocycles. The third-order valence-corrected chi connectivity index (χ3v) is 6.55. The Morgan fingerprint density at radius 3 is 2.11 bits per heavy atom. The lowest BCUT2D eigenvalue weighted by Crippen LogP contribution is -2.58. The lowest BCUT2D eigenvalue weighted by Gasteiger charge is -2.28. The summed E-state index contributed by atoms with van der Waals surface area (Å²) in [5.41, 5.74) is 22.1. The number of unbranched alkanes of at least 4 members (excludes halogenated alkanes) is 1. The van der Waals surface area contributed by atoms with Gasteiger partial charge in [0.25, 0.3) is 0 Å². The maximum atomic E-state index is 13.2. The Bertz CT molecular complexity index is 751. The van der Waals surface area contributed by atoms with Crippen molar-refractivity contribution in [3.63, 3.8) is 0 Å². The van der Waals surface area contributed by atoms with E-state index in [4.69, 9.17) is 22.9 Å². The zero-order valence-electron chi connectivity index (χ0n) is 22.2. The van der Waals surface area contributed by atoms with Crippen LogP contribution in [0.3, 0.4) is 0 Å². The summed E-state index contributed by atoms with van der Waals surface area (Å²) in [6.45, 7) is 4.43. The van der Waals surface area contributed by atoms with Crippen molar-refractivity contribution < 1.29 is 24.3 Å². The third kappa shape index (κ3) is 14.7. The molecule has 0 aliphatic heterocycles. The molecule has 0 radical (unpaired) electrons. The minimum atomic E-state index is -1.15. The van der Waals surface area contributed by atoms with Crippen molar-refractivity contribution in [2.75, 3.05) is 25.1 Å². The zero-order chi connectivity index (χ0) is 28.4. The topological polar surface area (TPSA) is 241 Å². The van der Waals surface area contributed by atoms with Gasteiger partial charge in [0.15, 0.2) is 5.96 Å². The van der Waals surface area contributed by atoms with E-state index in [1.54, 1.807) is 6.92 Å². The molecule has 0 aliphatic carbocycles. The SMILES string of the molecule is CCC(C)C(NC(=O)C(N)CCCN=C(N)N)C(=O)NC(CCCCN)C(=O)NC(CCSC)C(=O)O. The maximum Gasteiger partial charge on any atom is 0.326 e. The second-order valence-electron chi connectivity index (χ2n) is 8.95. The Labute approximate surface area is 223 Å². The van der Waals surface area contributed by atoms with Crippen LogP contribution in [0.15, 0.2) is 4.99 Å². The fourth-order valence-electron chi connectivity index (χ4n) is 3.40. The second kappa shape index (κ2) is 19.5. The van der Waals surface area contributed by atoms with Crippen molar-refractivity contribution in [1.29, 1.82) is 0 Å². The molecule has 0 aliphatic rings. The van der Waals surface area contributed by atoms with Crippen LogP contribution in [0.25, 0.3) is 0 Å². The van der Waals surface area contributed by atoms with E-state index in [-0.39, 0.29) is 24.7 Å². The van der Waals surface area contributed by atoms with Crippen LogP contribution in [-0.2, 0) is 19.2 Å². The first-order valence-electron chi connectivity index (χ1n) is 12.6. The monoisotopic (exact) mass is 546 g/mol. The van der Waals surface area contributed by atoms with E-state index in [9.17, 15) is 24.3 Å². The van der Waals surface area contributed by atoms with E-state index in [1.165, 1.54) is 11.8 Å². The first kappa shape index (κ1) is 34.4. The molecule has 14 heteroatoms. The molecule has 5 unspecified atom stereocenters. The molecule has 0 rings (SSSR count). The Morgan fingerprint density at radius 2 is 1.57 bits per heavy atom. The molecule has 0 heterocycles. The Kier molecular flexibility index (Phi) is 18.2. The van der Waals surface area contributed by atoms with Gasteiger partial charge in [0.1, 0.15) is 18.1 Å². The van der Waals surface area contributed by atoms with Crippen LogP contribution in [0.5, 0.6) is 0 Å². The molecule has 0 aromatic heterocycles. The Balaban J connectivity index is 5.44. The number of amides is 3. The molecular weight excluding hydrogens is 500 g/mol. The number of hydrogen-bond acceptors (Lipinski definition) is 8. The van der Waals surface area contributed by atoms with Crippen LogP contribution in [0, 0.1) is 5.92 Å². The minimum absolute atomic E-state index is 0.0458. The highest BCUT2D eigenvalue weighted by molar-refractivity contribution is 7.98. The van der Waals surface area contributed by atoms with E-state index in [2.05, 4.69) is 20.9 Å². The van der Waals surface area contributed by atoms with Gasteiger partial charge in [-0.15, -0.1) is 0 Å². The number of nitrogens with zero attached hydrogens (tertiary/aromatic N) is 1. The number of thioether (sulfide) groups is 1. The molecule has 13 nitrogen and oxygen atoms in total. The first-order valence-corrected chi connectivity index (χ1v) is 14.0. The zero-order valence-corrected chi connectivity index (χ0v) is 23.0. The number of carbonyl (C=O) groups excluding carboxylic acids is 3. The van der Waals surface area contributed by atoms with Crippen molar-refractivity contribution in [2.24, 2.45) is 33.8 Å². The first-order chi connectivity index (χ1) is 17.5. The molecule has 0 saturated carbocycles. The highest BCUT2D eigenvalue weighted by Gasteiger charge is 2.32. The number of guanidine groups is 1. The van der Waals surface area contributed by atoms with Crippen molar-refractivity contribution in [2.45, 2.75) is 83.0 Å². The lowest BCUT2D eigenvalue weighted by atomic mass is 9.96.